The van der Waals surface area contributed by atoms with Gasteiger partial charge in [-0.15, -0.1) is 0 Å². The summed E-state index contributed by atoms with van der Waals surface area (Å²) in [5.74, 6) is -6.23. The molecule has 82 heavy (non-hydrogen) atoms. The summed E-state index contributed by atoms with van der Waals surface area (Å²) in [7, 11) is 6.61. The van der Waals surface area contributed by atoms with Gasteiger partial charge in [0.1, 0.15) is 34.7 Å². The Morgan fingerprint density at radius 2 is 1.62 bits per heavy atom. The molecule has 4 aliphatic heterocycles. The molecular weight excluding hydrogens is 1070 g/mol. The van der Waals surface area contributed by atoms with Crippen LogP contribution in [0.25, 0.3) is 10.9 Å². The first-order valence-corrected chi connectivity index (χ1v) is 28.9. The van der Waals surface area contributed by atoms with Crippen LogP contribution < -0.4 is 10.7 Å². The average Bonchev–Trinajstić information content (AvgIpc) is 3.49. The Bertz CT molecular complexity index is 2610. The number of hydrogen-bond acceptors (Lipinski definition) is 21. The third-order valence-corrected chi connectivity index (χ3v) is 17.4. The van der Waals surface area contributed by atoms with Crippen molar-refractivity contribution < 1.29 is 87.4 Å². The monoisotopic (exact) mass is 1160 g/mol. The quantitative estimate of drug-likeness (QED) is 0.0485. The predicted molar refractivity (Wildman–Crippen MR) is 301 cm³/mol. The highest BCUT2D eigenvalue weighted by atomic mass is 16.7. The molecule has 1 aromatic carbocycles. The highest BCUT2D eigenvalue weighted by Gasteiger charge is 2.54. The number of carbonyl (C=O) groups is 3. The van der Waals surface area contributed by atoms with E-state index in [0.29, 0.717) is 36.7 Å². The topological polar surface area (TPSA) is 294 Å². The number of aromatic nitrogens is 1. The first-order valence-electron chi connectivity index (χ1n) is 28.9. The summed E-state index contributed by atoms with van der Waals surface area (Å²) >= 11 is 0. The number of aliphatic hydroxyl groups is 4. The second-order valence-corrected chi connectivity index (χ2v) is 24.6. The molecule has 6 rings (SSSR count). The summed E-state index contributed by atoms with van der Waals surface area (Å²) < 4.78 is 57.8. The van der Waals surface area contributed by atoms with Gasteiger partial charge in [-0.05, 0) is 120 Å². The minimum atomic E-state index is -2.01. The van der Waals surface area contributed by atoms with E-state index in [1.165, 1.54) is 27.3 Å². The lowest BCUT2D eigenvalue weighted by Gasteiger charge is -2.49. The number of hydrogen-bond donors (Lipinski definition) is 6. The highest BCUT2D eigenvalue weighted by molar-refractivity contribution is 5.94. The SMILES string of the molecule is CC[C@H]1OC(=O)[C@H](C)[C@@H](O[C@H]2C[C@@](C)(OC)[C@@H](OC(=O)CCNCCCc3cc4c5c(c3)c(=O)c(C(=O)O)cn5C(C)(C)OC4)[C@H](C)O2)[C@H](C)[C@@H](O[C@H]2O[C@@H](C)C[C@@H](N(C)C)[C@@H]2O)[C@](C)(O)C[C@@H](C)/C(=N\OCOC)[C@H](C)[C@@H](O)[C@]1(C)O. The van der Waals surface area contributed by atoms with Gasteiger partial charge < -0.3 is 87.8 Å². The molecule has 0 amide bonds. The minimum Gasteiger partial charge on any atom is -0.477 e. The molecule has 0 radical (unpaired) electrons. The van der Waals surface area contributed by atoms with E-state index >= 15 is 0 Å². The molecule has 18 atom stereocenters. The van der Waals surface area contributed by atoms with Crippen LogP contribution in [0.1, 0.15) is 143 Å². The van der Waals surface area contributed by atoms with E-state index < -0.39 is 125 Å². The number of likely N-dealkylation sites (N-methyl/N-ethyl adjacent to an activating group) is 1. The zero-order valence-electron chi connectivity index (χ0n) is 51.0. The van der Waals surface area contributed by atoms with E-state index in [0.717, 1.165) is 11.1 Å². The number of benzene rings is 1. The number of pyridine rings is 1. The summed E-state index contributed by atoms with van der Waals surface area (Å²) in [4.78, 5) is 61.0. The van der Waals surface area contributed by atoms with Crippen molar-refractivity contribution in [2.24, 2.45) is 28.8 Å². The number of aromatic carboxylic acids is 1. The molecule has 0 aliphatic carbocycles. The summed E-state index contributed by atoms with van der Waals surface area (Å²) in [5.41, 5.74) is -4.17. The number of nitrogens with zero attached hydrogens (tertiary/aromatic N) is 3. The van der Waals surface area contributed by atoms with Crippen molar-refractivity contribution in [3.8, 4) is 0 Å². The predicted octanol–water partition coefficient (Wildman–Crippen LogP) is 4.59. The summed E-state index contributed by atoms with van der Waals surface area (Å²) in [6, 6.07) is 3.36. The first kappa shape index (κ1) is 66.9. The molecule has 0 bridgehead atoms. The van der Waals surface area contributed by atoms with Crippen molar-refractivity contribution in [2.45, 2.75) is 225 Å². The van der Waals surface area contributed by atoms with Crippen molar-refractivity contribution in [3.63, 3.8) is 0 Å². The largest absolute Gasteiger partial charge is 0.477 e. The maximum Gasteiger partial charge on any atom is 0.341 e. The van der Waals surface area contributed by atoms with Crippen LogP contribution in [0.15, 0.2) is 28.3 Å². The molecule has 3 fully saturated rings. The van der Waals surface area contributed by atoms with Crippen LogP contribution in [0.4, 0.5) is 0 Å². The number of esters is 2. The van der Waals surface area contributed by atoms with Gasteiger partial charge >= 0.3 is 17.9 Å². The Kier molecular flexibility index (Phi) is 22.4. The minimum absolute atomic E-state index is 0.00393. The van der Waals surface area contributed by atoms with Crippen LogP contribution in [0.2, 0.25) is 0 Å². The molecule has 0 saturated carbocycles. The van der Waals surface area contributed by atoms with Crippen molar-refractivity contribution >= 4 is 34.5 Å². The van der Waals surface area contributed by atoms with Gasteiger partial charge in [-0.3, -0.25) is 14.4 Å². The zero-order valence-corrected chi connectivity index (χ0v) is 51.0. The third kappa shape index (κ3) is 14.9. The molecule has 6 N–H and O–H groups in total. The molecular formula is C59H94N4O19. The number of cyclic esters (lactones) is 1. The summed E-state index contributed by atoms with van der Waals surface area (Å²) in [6.07, 6.45) is -7.70. The van der Waals surface area contributed by atoms with Gasteiger partial charge in [-0.25, -0.2) is 4.79 Å². The molecule has 23 nitrogen and oxygen atoms in total. The zero-order chi connectivity index (χ0) is 61.0. The van der Waals surface area contributed by atoms with Gasteiger partial charge in [0.25, 0.3) is 0 Å². The van der Waals surface area contributed by atoms with E-state index in [1.807, 2.05) is 45.8 Å². The van der Waals surface area contributed by atoms with Gasteiger partial charge in [0.05, 0.1) is 66.3 Å². The molecule has 1 aromatic heterocycles. The maximum absolute atomic E-state index is 14.7. The van der Waals surface area contributed by atoms with Crippen LogP contribution in [0, 0.1) is 23.7 Å². The van der Waals surface area contributed by atoms with Crippen LogP contribution in [0.5, 0.6) is 0 Å². The average molecular weight is 1160 g/mol. The molecule has 464 valence electrons. The number of methoxy groups -OCH3 is 2. The molecule has 3 saturated heterocycles. The van der Waals surface area contributed by atoms with E-state index in [1.54, 1.807) is 66.0 Å². The van der Waals surface area contributed by atoms with Gasteiger partial charge in [0.15, 0.2) is 18.7 Å². The van der Waals surface area contributed by atoms with E-state index in [9.17, 15) is 44.7 Å². The summed E-state index contributed by atoms with van der Waals surface area (Å²) in [5, 5.41) is 66.6. The smallest absolute Gasteiger partial charge is 0.341 e. The molecule has 2 aromatic rings. The van der Waals surface area contributed by atoms with Crippen molar-refractivity contribution in [1.82, 2.24) is 14.8 Å². The van der Waals surface area contributed by atoms with Gasteiger partial charge in [-0.1, -0.05) is 38.9 Å². The normalized spacial score (nSPS) is 37.1. The molecule has 0 spiro atoms. The summed E-state index contributed by atoms with van der Waals surface area (Å²) in [6.45, 7) is 21.4. The highest BCUT2D eigenvalue weighted by Crippen LogP contribution is 2.42. The van der Waals surface area contributed by atoms with E-state index in [2.05, 4.69) is 10.5 Å². The van der Waals surface area contributed by atoms with Crippen molar-refractivity contribution in [1.29, 1.82) is 0 Å². The lowest BCUT2D eigenvalue weighted by atomic mass is 9.73. The second kappa shape index (κ2) is 27.4. The first-order chi connectivity index (χ1) is 38.3. The molecule has 23 heteroatoms. The fourth-order valence-corrected chi connectivity index (χ4v) is 12.7. The molecule has 5 heterocycles. The number of nitrogens with one attached hydrogen (secondary N) is 1. The van der Waals surface area contributed by atoms with Crippen molar-refractivity contribution in [3.05, 3.63) is 45.2 Å². The number of rotatable bonds is 19. The molecule has 4 aliphatic rings. The Morgan fingerprint density at radius 1 is 0.927 bits per heavy atom. The number of carbonyl (C=O) groups excluding carboxylic acids is 2. The Morgan fingerprint density at radius 3 is 2.26 bits per heavy atom. The lowest BCUT2D eigenvalue weighted by molar-refractivity contribution is -0.318. The number of oxime groups is 1. The van der Waals surface area contributed by atoms with Gasteiger partial charge in [0, 0.05) is 68.1 Å². The fraction of sp³-hybridized carbons (Fsp3) is 0.780. The van der Waals surface area contributed by atoms with Crippen molar-refractivity contribution in [2.75, 3.05) is 48.2 Å². The Balaban J connectivity index is 1.20. The number of carboxylic acid groups (broad SMARTS) is 1. The Labute approximate surface area is 482 Å². The Hall–Kier alpha value is -4.21. The second-order valence-electron chi connectivity index (χ2n) is 24.6. The van der Waals surface area contributed by atoms with Gasteiger partial charge in [-0.2, -0.15) is 0 Å². The fourth-order valence-electron chi connectivity index (χ4n) is 12.7. The van der Waals surface area contributed by atoms with E-state index in [4.69, 9.17) is 47.5 Å². The maximum atomic E-state index is 14.7. The van der Waals surface area contributed by atoms with Crippen LogP contribution in [-0.4, -0.2) is 191 Å². The van der Waals surface area contributed by atoms with E-state index in [-0.39, 0.29) is 69.0 Å². The van der Waals surface area contributed by atoms with Crippen LogP contribution in [0.3, 0.4) is 0 Å². The van der Waals surface area contributed by atoms with Gasteiger partial charge in [0.2, 0.25) is 12.2 Å². The number of ether oxygens (including phenoxy) is 9. The lowest BCUT2D eigenvalue weighted by Crippen LogP contribution is -2.61. The third-order valence-electron chi connectivity index (χ3n) is 17.4. The number of carboxylic acids is 1. The van der Waals surface area contributed by atoms with Crippen LogP contribution in [-0.2, 0) is 75.8 Å². The molecule has 0 unspecified atom stereocenters. The van der Waals surface area contributed by atoms with Crippen LogP contribution >= 0.6 is 0 Å². The number of aliphatic hydroxyl groups excluding tert-OH is 2. The number of aryl methyl sites for hydroxylation is 1. The standard InChI is InChI=1S/C59H94N4O19/c1-17-42-59(12,72)50(67)33(4)45(61-76-30-73-15)31(2)26-57(10,71)51(82-55-48(66)41(62(13)14)23-32(3)77-55)34(5)49(35(6)54(70)79-42)81-44-27-58(11,74-16)52(36(7)78-44)80-43(64)20-22-60-21-18-19-37-24-38-29-75-56(8,9)63-28-40(53(68)69)47(65)39(25-37)46(38)63/h24-25,28,31-36,41-42,44,48-52,55,60,66-67,71-72H,17-23,26-27,29-30H2,1-16H3,(H,68,69)/b61-45+/t31-,32+,33+,34+,35-,36+,41-,42-,44+,48+,49+,50-,51-,52+,55-,57-,58-,59-/m1/s1.